The van der Waals surface area contributed by atoms with Gasteiger partial charge in [-0.2, -0.15) is 0 Å². The van der Waals surface area contributed by atoms with E-state index in [1.54, 1.807) is 0 Å². The summed E-state index contributed by atoms with van der Waals surface area (Å²) < 4.78 is 0. The molecule has 4 nitrogen and oxygen atoms in total. The number of carbonyl (C=O) groups excluding carboxylic acids is 1. The van der Waals surface area contributed by atoms with Crippen molar-refractivity contribution in [3.8, 4) is 0 Å². The number of nitrogens with one attached hydrogen (secondary N) is 1. The normalized spacial score (nSPS) is 11.7. The number of rotatable bonds is 6. The number of fused-ring (bicyclic) bond motifs is 1. The Kier molecular flexibility index (Phi) is 5.52. The van der Waals surface area contributed by atoms with E-state index in [1.807, 2.05) is 62.4 Å². The van der Waals surface area contributed by atoms with Gasteiger partial charge >= 0.3 is 5.97 Å². The molecule has 0 heterocycles. The van der Waals surface area contributed by atoms with E-state index >= 15 is 0 Å². The van der Waals surface area contributed by atoms with E-state index in [9.17, 15) is 14.7 Å². The third kappa shape index (κ3) is 4.95. The minimum Gasteiger partial charge on any atom is -0.480 e. The maximum absolute atomic E-state index is 12.1. The monoisotopic (exact) mass is 311 g/mol. The zero-order chi connectivity index (χ0) is 16.8. The van der Waals surface area contributed by atoms with Gasteiger partial charge < -0.3 is 10.4 Å². The van der Waals surface area contributed by atoms with Crippen LogP contribution in [-0.4, -0.2) is 23.0 Å². The number of allylic oxidation sites excluding steroid dienone is 1. The molecule has 2 rings (SSSR count). The molecule has 2 aromatic carbocycles. The standard InChI is InChI=1S/C19H21NO3/c1-13(2)7-10-17(19(22)23)20-18(21)12-14-8-9-15-5-3-4-6-16(15)11-14/h3-9,11,17H,10,12H2,1-2H3,(H,20,21)(H,22,23)/t17-/m1/s1. The molecule has 0 aliphatic rings. The minimum absolute atomic E-state index is 0.170. The summed E-state index contributed by atoms with van der Waals surface area (Å²) in [4.78, 5) is 23.3. The van der Waals surface area contributed by atoms with Crippen molar-refractivity contribution < 1.29 is 14.7 Å². The van der Waals surface area contributed by atoms with Crippen LogP contribution in [0.4, 0.5) is 0 Å². The van der Waals surface area contributed by atoms with Crippen LogP contribution in [0.5, 0.6) is 0 Å². The summed E-state index contributed by atoms with van der Waals surface area (Å²) in [7, 11) is 0. The highest BCUT2D eigenvalue weighted by Gasteiger charge is 2.18. The lowest BCUT2D eigenvalue weighted by Crippen LogP contribution is -2.41. The summed E-state index contributed by atoms with van der Waals surface area (Å²) in [5, 5.41) is 14.0. The van der Waals surface area contributed by atoms with Gasteiger partial charge in [0.15, 0.2) is 0 Å². The van der Waals surface area contributed by atoms with E-state index in [1.165, 1.54) is 0 Å². The molecule has 120 valence electrons. The Morgan fingerprint density at radius 2 is 1.83 bits per heavy atom. The van der Waals surface area contributed by atoms with Crippen LogP contribution in [0, 0.1) is 0 Å². The van der Waals surface area contributed by atoms with Gasteiger partial charge in [-0.15, -0.1) is 0 Å². The van der Waals surface area contributed by atoms with E-state index in [4.69, 9.17) is 0 Å². The Morgan fingerprint density at radius 3 is 2.48 bits per heavy atom. The van der Waals surface area contributed by atoms with Crippen LogP contribution in [0.2, 0.25) is 0 Å². The van der Waals surface area contributed by atoms with Crippen LogP contribution in [0.3, 0.4) is 0 Å². The molecule has 1 atom stereocenters. The summed E-state index contributed by atoms with van der Waals surface area (Å²) in [6, 6.07) is 12.9. The maximum atomic E-state index is 12.1. The first-order valence-corrected chi connectivity index (χ1v) is 7.59. The number of carbonyl (C=O) groups is 2. The summed E-state index contributed by atoms with van der Waals surface area (Å²) in [5.41, 5.74) is 1.90. The lowest BCUT2D eigenvalue weighted by molar-refractivity contribution is -0.141. The van der Waals surface area contributed by atoms with Crippen molar-refractivity contribution in [2.75, 3.05) is 0 Å². The van der Waals surface area contributed by atoms with E-state index < -0.39 is 12.0 Å². The molecule has 0 saturated carbocycles. The SMILES string of the molecule is CC(C)=CC[C@@H](NC(=O)Cc1ccc2ccccc2c1)C(=O)O. The number of carboxylic acid groups (broad SMARTS) is 1. The second-order valence-electron chi connectivity index (χ2n) is 5.83. The van der Waals surface area contributed by atoms with Gasteiger partial charge in [-0.25, -0.2) is 4.79 Å². The largest absolute Gasteiger partial charge is 0.480 e. The van der Waals surface area contributed by atoms with E-state index in [2.05, 4.69) is 5.32 Å². The molecule has 0 unspecified atom stereocenters. The molecule has 4 heteroatoms. The zero-order valence-corrected chi connectivity index (χ0v) is 13.4. The summed E-state index contributed by atoms with van der Waals surface area (Å²) >= 11 is 0. The lowest BCUT2D eigenvalue weighted by Gasteiger charge is -2.13. The minimum atomic E-state index is -1.02. The molecule has 0 aliphatic carbocycles. The first-order chi connectivity index (χ1) is 11.0. The molecule has 0 bridgehead atoms. The zero-order valence-electron chi connectivity index (χ0n) is 13.4. The number of hydrogen-bond acceptors (Lipinski definition) is 2. The fourth-order valence-corrected chi connectivity index (χ4v) is 2.35. The molecule has 2 N–H and O–H groups in total. The number of amides is 1. The predicted molar refractivity (Wildman–Crippen MR) is 91.3 cm³/mol. The van der Waals surface area contributed by atoms with Crippen molar-refractivity contribution in [2.24, 2.45) is 0 Å². The number of hydrogen-bond donors (Lipinski definition) is 2. The summed E-state index contributed by atoms with van der Waals surface area (Å²) in [5.74, 6) is -1.30. The number of carboxylic acids is 1. The molecule has 0 aromatic heterocycles. The molecule has 23 heavy (non-hydrogen) atoms. The summed E-state index contributed by atoms with van der Waals surface area (Å²) in [6.07, 6.45) is 2.28. The molecule has 2 aromatic rings. The van der Waals surface area contributed by atoms with E-state index in [0.29, 0.717) is 6.42 Å². The second kappa shape index (κ2) is 7.58. The van der Waals surface area contributed by atoms with Gasteiger partial charge in [-0.3, -0.25) is 4.79 Å². The van der Waals surface area contributed by atoms with Crippen LogP contribution in [0.25, 0.3) is 10.8 Å². The molecule has 1 amide bonds. The Balaban J connectivity index is 2.04. The quantitative estimate of drug-likeness (QED) is 0.804. The van der Waals surface area contributed by atoms with Gasteiger partial charge in [0.05, 0.1) is 6.42 Å². The van der Waals surface area contributed by atoms with Crippen LogP contribution < -0.4 is 5.32 Å². The van der Waals surface area contributed by atoms with Crippen molar-refractivity contribution >= 4 is 22.6 Å². The molecular formula is C19H21NO3. The summed E-state index contributed by atoms with van der Waals surface area (Å²) in [6.45, 7) is 3.80. The average molecular weight is 311 g/mol. The molecule has 0 aliphatic heterocycles. The fraction of sp³-hybridized carbons (Fsp3) is 0.263. The smallest absolute Gasteiger partial charge is 0.326 e. The van der Waals surface area contributed by atoms with E-state index in [0.717, 1.165) is 21.9 Å². The molecular weight excluding hydrogens is 290 g/mol. The Labute approximate surface area is 135 Å². The van der Waals surface area contributed by atoms with Crippen molar-refractivity contribution in [3.05, 3.63) is 59.7 Å². The third-order valence-corrected chi connectivity index (χ3v) is 3.57. The Hall–Kier alpha value is -2.62. The second-order valence-corrected chi connectivity index (χ2v) is 5.83. The fourth-order valence-electron chi connectivity index (χ4n) is 2.35. The van der Waals surface area contributed by atoms with Crippen LogP contribution >= 0.6 is 0 Å². The number of aliphatic carboxylic acids is 1. The van der Waals surface area contributed by atoms with Crippen molar-refractivity contribution in [2.45, 2.75) is 32.7 Å². The van der Waals surface area contributed by atoms with Crippen LogP contribution in [0.15, 0.2) is 54.1 Å². The van der Waals surface area contributed by atoms with Gasteiger partial charge in [-0.05, 0) is 36.6 Å². The first-order valence-electron chi connectivity index (χ1n) is 7.59. The van der Waals surface area contributed by atoms with Crippen LogP contribution in [0.1, 0.15) is 25.8 Å². The van der Waals surface area contributed by atoms with Gasteiger partial charge in [0, 0.05) is 0 Å². The molecule has 0 radical (unpaired) electrons. The van der Waals surface area contributed by atoms with E-state index in [-0.39, 0.29) is 12.3 Å². The molecule has 0 spiro atoms. The molecule has 0 fully saturated rings. The topological polar surface area (TPSA) is 66.4 Å². The predicted octanol–water partition coefficient (Wildman–Crippen LogP) is 3.31. The van der Waals surface area contributed by atoms with Gasteiger partial charge in [-0.1, -0.05) is 54.1 Å². The molecule has 0 saturated heterocycles. The average Bonchev–Trinajstić information content (AvgIpc) is 2.50. The highest BCUT2D eigenvalue weighted by atomic mass is 16.4. The van der Waals surface area contributed by atoms with Crippen molar-refractivity contribution in [1.82, 2.24) is 5.32 Å². The van der Waals surface area contributed by atoms with Gasteiger partial charge in [0.1, 0.15) is 6.04 Å². The first kappa shape index (κ1) is 16.7. The highest BCUT2D eigenvalue weighted by molar-refractivity contribution is 5.87. The Bertz CT molecular complexity index is 745. The van der Waals surface area contributed by atoms with Gasteiger partial charge in [0.25, 0.3) is 0 Å². The Morgan fingerprint density at radius 1 is 1.13 bits per heavy atom. The maximum Gasteiger partial charge on any atom is 0.326 e. The third-order valence-electron chi connectivity index (χ3n) is 3.57. The van der Waals surface area contributed by atoms with Crippen molar-refractivity contribution in [1.29, 1.82) is 0 Å². The lowest BCUT2D eigenvalue weighted by atomic mass is 10.0. The number of benzene rings is 2. The van der Waals surface area contributed by atoms with Crippen LogP contribution in [-0.2, 0) is 16.0 Å². The van der Waals surface area contributed by atoms with Gasteiger partial charge in [0.2, 0.25) is 5.91 Å². The highest BCUT2D eigenvalue weighted by Crippen LogP contribution is 2.16. The van der Waals surface area contributed by atoms with Crippen molar-refractivity contribution in [3.63, 3.8) is 0 Å².